The molecule has 2 heterocycles. The Bertz CT molecular complexity index is 852. The second-order valence-corrected chi connectivity index (χ2v) is 6.36. The highest BCUT2D eigenvalue weighted by molar-refractivity contribution is 5.37. The fraction of sp³-hybridized carbons (Fsp3) is 0.421. The summed E-state index contributed by atoms with van der Waals surface area (Å²) in [5.74, 6) is -13.9. The Morgan fingerprint density at radius 2 is 1.72 bits per heavy atom. The number of alkyl halides is 4. The van der Waals surface area contributed by atoms with Gasteiger partial charge in [0.05, 0.1) is 33.0 Å². The Kier molecular flexibility index (Phi) is 5.70. The highest BCUT2D eigenvalue weighted by Gasteiger charge is 2.80. The summed E-state index contributed by atoms with van der Waals surface area (Å²) in [6.07, 6.45) is -2.40. The molecular formula is C19H19F4NO5. The molecule has 0 unspecified atom stereocenters. The largest absolute Gasteiger partial charge is 0.481 e. The van der Waals surface area contributed by atoms with E-state index in [2.05, 4.69) is 4.98 Å². The average molecular weight is 417 g/mol. The van der Waals surface area contributed by atoms with Gasteiger partial charge in [0.15, 0.2) is 6.10 Å². The van der Waals surface area contributed by atoms with Gasteiger partial charge < -0.3 is 24.1 Å². The molecule has 0 aliphatic carbocycles. The standard InChI is InChI=1S/C19H19F4NO5/c1-26-15-9-8-13(16(24-15)27-2)18(25)19(22,23)17(20,21)14(29-18)11-28-10-12-6-4-3-5-7-12/h3-9,14,25H,10-11H2,1-2H3/t14-,18+/m1/s1. The first-order valence-corrected chi connectivity index (χ1v) is 8.54. The summed E-state index contributed by atoms with van der Waals surface area (Å²) in [4.78, 5) is 3.75. The lowest BCUT2D eigenvalue weighted by molar-refractivity contribution is -0.310. The van der Waals surface area contributed by atoms with Crippen molar-refractivity contribution in [2.45, 2.75) is 30.3 Å². The molecule has 3 rings (SSSR count). The van der Waals surface area contributed by atoms with E-state index in [1.54, 1.807) is 30.3 Å². The maximum absolute atomic E-state index is 14.7. The van der Waals surface area contributed by atoms with E-state index < -0.39 is 41.8 Å². The Labute approximate surface area is 164 Å². The molecule has 0 spiro atoms. The van der Waals surface area contributed by atoms with E-state index in [1.165, 1.54) is 7.11 Å². The lowest BCUT2D eigenvalue weighted by atomic mass is 9.96. The number of hydrogen-bond donors (Lipinski definition) is 1. The van der Waals surface area contributed by atoms with Crippen molar-refractivity contribution >= 4 is 0 Å². The number of benzene rings is 1. The third-order valence-corrected chi connectivity index (χ3v) is 4.54. The second-order valence-electron chi connectivity index (χ2n) is 6.36. The summed E-state index contributed by atoms with van der Waals surface area (Å²) in [6, 6.07) is 10.6. The molecule has 0 radical (unpaired) electrons. The van der Waals surface area contributed by atoms with Crippen molar-refractivity contribution in [2.24, 2.45) is 0 Å². The molecule has 0 bridgehead atoms. The minimum atomic E-state index is -4.98. The number of nitrogens with zero attached hydrogens (tertiary/aromatic N) is 1. The lowest BCUT2D eigenvalue weighted by Crippen LogP contribution is -2.52. The Morgan fingerprint density at radius 3 is 2.34 bits per heavy atom. The molecular weight excluding hydrogens is 398 g/mol. The first-order valence-electron chi connectivity index (χ1n) is 8.54. The van der Waals surface area contributed by atoms with Crippen molar-refractivity contribution in [3.05, 3.63) is 53.6 Å². The van der Waals surface area contributed by atoms with Crippen LogP contribution < -0.4 is 9.47 Å². The molecule has 29 heavy (non-hydrogen) atoms. The van der Waals surface area contributed by atoms with Crippen molar-refractivity contribution < 1.29 is 41.6 Å². The highest BCUT2D eigenvalue weighted by atomic mass is 19.3. The molecule has 10 heteroatoms. The van der Waals surface area contributed by atoms with Gasteiger partial charge >= 0.3 is 11.8 Å². The van der Waals surface area contributed by atoms with Crippen LogP contribution in [0.2, 0.25) is 0 Å². The zero-order valence-corrected chi connectivity index (χ0v) is 15.6. The second kappa shape index (κ2) is 7.77. The van der Waals surface area contributed by atoms with Crippen molar-refractivity contribution in [3.8, 4) is 11.8 Å². The van der Waals surface area contributed by atoms with Gasteiger partial charge in [0, 0.05) is 6.07 Å². The predicted octanol–water partition coefficient (Wildman–Crippen LogP) is 3.13. The molecule has 1 aromatic heterocycles. The van der Waals surface area contributed by atoms with E-state index in [-0.39, 0.29) is 12.5 Å². The average Bonchev–Trinajstić information content (AvgIpc) is 2.85. The Morgan fingerprint density at radius 1 is 1.03 bits per heavy atom. The topological polar surface area (TPSA) is 70.0 Å². The monoisotopic (exact) mass is 417 g/mol. The zero-order chi connectivity index (χ0) is 21.3. The summed E-state index contributed by atoms with van der Waals surface area (Å²) in [6.45, 7) is -0.958. The minimum Gasteiger partial charge on any atom is -0.481 e. The summed E-state index contributed by atoms with van der Waals surface area (Å²) < 4.78 is 77.9. The molecule has 1 N–H and O–H groups in total. The molecule has 6 nitrogen and oxygen atoms in total. The molecule has 0 amide bonds. The van der Waals surface area contributed by atoms with Crippen molar-refractivity contribution in [3.63, 3.8) is 0 Å². The number of hydrogen-bond acceptors (Lipinski definition) is 6. The number of pyridine rings is 1. The van der Waals surface area contributed by atoms with Crippen molar-refractivity contribution in [1.82, 2.24) is 4.98 Å². The van der Waals surface area contributed by atoms with E-state index in [0.29, 0.717) is 5.56 Å². The van der Waals surface area contributed by atoms with Crippen LogP contribution >= 0.6 is 0 Å². The van der Waals surface area contributed by atoms with Gasteiger partial charge in [-0.25, -0.2) is 0 Å². The third-order valence-electron chi connectivity index (χ3n) is 4.54. The zero-order valence-electron chi connectivity index (χ0n) is 15.6. The smallest absolute Gasteiger partial charge is 0.369 e. The van der Waals surface area contributed by atoms with Gasteiger partial charge in [-0.3, -0.25) is 0 Å². The van der Waals surface area contributed by atoms with Crippen LogP contribution in [0.5, 0.6) is 11.8 Å². The Balaban J connectivity index is 1.86. The molecule has 1 aliphatic heterocycles. The molecule has 0 saturated carbocycles. The van der Waals surface area contributed by atoms with Gasteiger partial charge in [0.1, 0.15) is 0 Å². The predicted molar refractivity (Wildman–Crippen MR) is 92.1 cm³/mol. The molecule has 2 atom stereocenters. The van der Waals surface area contributed by atoms with Gasteiger partial charge in [0.25, 0.3) is 5.79 Å². The molecule has 158 valence electrons. The van der Waals surface area contributed by atoms with Crippen LogP contribution in [0.3, 0.4) is 0 Å². The summed E-state index contributed by atoms with van der Waals surface area (Å²) in [5.41, 5.74) is -0.0899. The number of rotatable bonds is 7. The third kappa shape index (κ3) is 3.52. The van der Waals surface area contributed by atoms with Crippen LogP contribution in [0.4, 0.5) is 17.6 Å². The van der Waals surface area contributed by atoms with Crippen LogP contribution in [0.1, 0.15) is 11.1 Å². The van der Waals surface area contributed by atoms with E-state index in [4.69, 9.17) is 18.9 Å². The number of ether oxygens (including phenoxy) is 4. The lowest BCUT2D eigenvalue weighted by Gasteiger charge is -2.30. The fourth-order valence-corrected chi connectivity index (χ4v) is 2.96. The number of aliphatic hydroxyl groups is 1. The van der Waals surface area contributed by atoms with Crippen LogP contribution in [-0.2, 0) is 21.9 Å². The van der Waals surface area contributed by atoms with Crippen LogP contribution in [0.25, 0.3) is 0 Å². The maximum Gasteiger partial charge on any atom is 0.369 e. The minimum absolute atomic E-state index is 0.0231. The normalized spacial score (nSPS) is 25.0. The number of methoxy groups -OCH3 is 2. The molecule has 1 saturated heterocycles. The summed E-state index contributed by atoms with van der Waals surface area (Å²) in [7, 11) is 2.35. The molecule has 1 aliphatic rings. The van der Waals surface area contributed by atoms with E-state index in [9.17, 15) is 22.7 Å². The van der Waals surface area contributed by atoms with Crippen LogP contribution in [-0.4, -0.2) is 48.9 Å². The quantitative estimate of drug-likeness (QED) is 0.699. The molecule has 1 aromatic carbocycles. The Hall–Kier alpha value is -2.43. The number of aromatic nitrogens is 1. The van der Waals surface area contributed by atoms with Gasteiger partial charge in [-0.05, 0) is 11.6 Å². The summed E-state index contributed by atoms with van der Waals surface area (Å²) in [5, 5.41) is 10.5. The SMILES string of the molecule is COc1ccc([C@]2(O)O[C@H](COCc3ccccc3)C(F)(F)C2(F)F)c(OC)n1. The number of halogens is 4. The highest BCUT2D eigenvalue weighted by Crippen LogP contribution is 2.58. The van der Waals surface area contributed by atoms with Crippen LogP contribution in [0.15, 0.2) is 42.5 Å². The van der Waals surface area contributed by atoms with E-state index in [1.807, 2.05) is 0 Å². The summed E-state index contributed by atoms with van der Waals surface area (Å²) >= 11 is 0. The van der Waals surface area contributed by atoms with Gasteiger partial charge in [-0.2, -0.15) is 22.5 Å². The fourth-order valence-electron chi connectivity index (χ4n) is 2.96. The first kappa shape index (κ1) is 21.3. The van der Waals surface area contributed by atoms with Crippen molar-refractivity contribution in [2.75, 3.05) is 20.8 Å². The van der Waals surface area contributed by atoms with Gasteiger partial charge in [-0.15, -0.1) is 0 Å². The first-order chi connectivity index (χ1) is 13.7. The van der Waals surface area contributed by atoms with Gasteiger partial charge in [-0.1, -0.05) is 30.3 Å². The molecule has 2 aromatic rings. The van der Waals surface area contributed by atoms with Gasteiger partial charge in [0.2, 0.25) is 11.8 Å². The maximum atomic E-state index is 14.7. The van der Waals surface area contributed by atoms with Crippen molar-refractivity contribution in [1.29, 1.82) is 0 Å². The van der Waals surface area contributed by atoms with E-state index in [0.717, 1.165) is 19.2 Å². The van der Waals surface area contributed by atoms with E-state index >= 15 is 0 Å². The molecule has 1 fully saturated rings. The van der Waals surface area contributed by atoms with Crippen LogP contribution in [0, 0.1) is 0 Å².